The van der Waals surface area contributed by atoms with Crippen LogP contribution in [0.25, 0.3) is 0 Å². The summed E-state index contributed by atoms with van der Waals surface area (Å²) < 4.78 is 1.90. The van der Waals surface area contributed by atoms with Crippen LogP contribution in [-0.2, 0) is 6.54 Å². The molecule has 1 N–H and O–H groups in total. The first-order valence-electron chi connectivity index (χ1n) is 6.17. The van der Waals surface area contributed by atoms with E-state index in [4.69, 9.17) is 11.6 Å². The summed E-state index contributed by atoms with van der Waals surface area (Å²) in [4.78, 5) is 1.02. The van der Waals surface area contributed by atoms with Gasteiger partial charge in [-0.05, 0) is 53.7 Å². The lowest BCUT2D eigenvalue weighted by Gasteiger charge is -2.10. The SMILES string of the molecule is CNCc1cccc(Cl)c1Sc1nnnn1C1CC1. The third kappa shape index (κ3) is 2.75. The lowest BCUT2D eigenvalue weighted by atomic mass is 10.2. The highest BCUT2D eigenvalue weighted by Crippen LogP contribution is 2.40. The third-order valence-corrected chi connectivity index (χ3v) is 4.53. The molecule has 0 unspecified atom stereocenters. The van der Waals surface area contributed by atoms with Crippen molar-refractivity contribution in [3.63, 3.8) is 0 Å². The quantitative estimate of drug-likeness (QED) is 0.918. The maximum atomic E-state index is 6.30. The zero-order chi connectivity index (χ0) is 13.2. The Kier molecular flexibility index (Phi) is 3.72. The molecule has 7 heteroatoms. The number of hydrogen-bond donors (Lipinski definition) is 1. The molecular weight excluding hydrogens is 282 g/mol. The van der Waals surface area contributed by atoms with Crippen molar-refractivity contribution >= 4 is 23.4 Å². The summed E-state index contributed by atoms with van der Waals surface area (Å²) in [5.41, 5.74) is 1.16. The van der Waals surface area contributed by atoms with E-state index in [-0.39, 0.29) is 0 Å². The van der Waals surface area contributed by atoms with Gasteiger partial charge < -0.3 is 5.32 Å². The Labute approximate surface area is 120 Å². The first-order valence-corrected chi connectivity index (χ1v) is 7.36. The summed E-state index contributed by atoms with van der Waals surface area (Å²) in [7, 11) is 1.92. The second kappa shape index (κ2) is 5.48. The third-order valence-electron chi connectivity index (χ3n) is 2.96. The van der Waals surface area contributed by atoms with Gasteiger partial charge in [-0.1, -0.05) is 23.7 Å². The molecule has 1 aliphatic carbocycles. The van der Waals surface area contributed by atoms with Gasteiger partial charge in [0, 0.05) is 11.4 Å². The molecule has 0 spiro atoms. The summed E-state index contributed by atoms with van der Waals surface area (Å²) >= 11 is 7.84. The lowest BCUT2D eigenvalue weighted by molar-refractivity contribution is 0.565. The van der Waals surface area contributed by atoms with Gasteiger partial charge in [0.05, 0.1) is 11.1 Å². The van der Waals surface area contributed by atoms with Crippen molar-refractivity contribution in [3.05, 3.63) is 28.8 Å². The van der Waals surface area contributed by atoms with E-state index in [2.05, 4.69) is 26.9 Å². The number of nitrogens with zero attached hydrogens (tertiary/aromatic N) is 4. The Balaban J connectivity index is 1.91. The van der Waals surface area contributed by atoms with E-state index in [9.17, 15) is 0 Å². The highest BCUT2D eigenvalue weighted by Gasteiger charge is 2.28. The molecule has 100 valence electrons. The molecule has 0 bridgehead atoms. The van der Waals surface area contributed by atoms with Gasteiger partial charge in [0.2, 0.25) is 5.16 Å². The van der Waals surface area contributed by atoms with Crippen LogP contribution in [0.3, 0.4) is 0 Å². The van der Waals surface area contributed by atoms with Crippen LogP contribution in [0.4, 0.5) is 0 Å². The fraction of sp³-hybridized carbons (Fsp3) is 0.417. The summed E-state index contributed by atoms with van der Waals surface area (Å²) in [5.74, 6) is 0. The van der Waals surface area contributed by atoms with Crippen LogP contribution in [0.1, 0.15) is 24.4 Å². The van der Waals surface area contributed by atoms with Crippen LogP contribution in [0.5, 0.6) is 0 Å². The minimum atomic E-state index is 0.465. The Hall–Kier alpha value is -1.11. The molecule has 5 nitrogen and oxygen atoms in total. The second-order valence-corrected chi connectivity index (χ2v) is 5.88. The number of hydrogen-bond acceptors (Lipinski definition) is 5. The molecule has 1 aliphatic rings. The molecule has 1 saturated carbocycles. The monoisotopic (exact) mass is 295 g/mol. The summed E-state index contributed by atoms with van der Waals surface area (Å²) in [6.45, 7) is 0.772. The molecule has 19 heavy (non-hydrogen) atoms. The molecule has 0 saturated heterocycles. The minimum Gasteiger partial charge on any atom is -0.316 e. The first kappa shape index (κ1) is 12.9. The molecule has 3 rings (SSSR count). The van der Waals surface area contributed by atoms with Crippen molar-refractivity contribution in [1.82, 2.24) is 25.5 Å². The smallest absolute Gasteiger partial charge is 0.214 e. The molecular formula is C12H14ClN5S. The molecule has 0 aliphatic heterocycles. The number of benzene rings is 1. The highest BCUT2D eigenvalue weighted by atomic mass is 35.5. The van der Waals surface area contributed by atoms with Crippen LogP contribution < -0.4 is 5.32 Å². The van der Waals surface area contributed by atoms with E-state index >= 15 is 0 Å². The molecule has 1 heterocycles. The van der Waals surface area contributed by atoms with Gasteiger partial charge in [-0.15, -0.1) is 5.10 Å². The van der Waals surface area contributed by atoms with E-state index < -0.39 is 0 Å². The topological polar surface area (TPSA) is 55.6 Å². The molecule has 2 aromatic rings. The molecule has 1 aromatic carbocycles. The van der Waals surface area contributed by atoms with Crippen LogP contribution >= 0.6 is 23.4 Å². The van der Waals surface area contributed by atoms with Gasteiger partial charge in [-0.3, -0.25) is 0 Å². The normalized spacial score (nSPS) is 14.8. The Morgan fingerprint density at radius 3 is 3.05 bits per heavy atom. The minimum absolute atomic E-state index is 0.465. The molecule has 1 aromatic heterocycles. The van der Waals surface area contributed by atoms with E-state index in [1.165, 1.54) is 11.8 Å². The zero-order valence-electron chi connectivity index (χ0n) is 10.5. The van der Waals surface area contributed by atoms with E-state index in [0.717, 1.165) is 40.0 Å². The molecule has 1 fully saturated rings. The lowest BCUT2D eigenvalue weighted by Crippen LogP contribution is -2.06. The fourth-order valence-corrected chi connectivity index (χ4v) is 3.18. The van der Waals surface area contributed by atoms with Crippen molar-refractivity contribution in [1.29, 1.82) is 0 Å². The Bertz CT molecular complexity index is 581. The van der Waals surface area contributed by atoms with Crippen molar-refractivity contribution in [3.8, 4) is 0 Å². The van der Waals surface area contributed by atoms with Gasteiger partial charge in [-0.25, -0.2) is 4.68 Å². The van der Waals surface area contributed by atoms with Gasteiger partial charge in [0.25, 0.3) is 0 Å². The van der Waals surface area contributed by atoms with Gasteiger partial charge >= 0.3 is 0 Å². The number of aromatic nitrogens is 4. The maximum Gasteiger partial charge on any atom is 0.214 e. The molecule has 0 atom stereocenters. The highest BCUT2D eigenvalue weighted by molar-refractivity contribution is 7.99. The van der Waals surface area contributed by atoms with Crippen molar-refractivity contribution < 1.29 is 0 Å². The zero-order valence-corrected chi connectivity index (χ0v) is 12.1. The standard InChI is InChI=1S/C12H14ClN5S/c1-14-7-8-3-2-4-10(13)11(8)19-12-15-16-17-18(12)9-5-6-9/h2-4,9,14H,5-7H2,1H3. The van der Waals surface area contributed by atoms with Crippen LogP contribution in [0.15, 0.2) is 28.3 Å². The van der Waals surface area contributed by atoms with Gasteiger partial charge in [-0.2, -0.15) is 0 Å². The van der Waals surface area contributed by atoms with Crippen molar-refractivity contribution in [2.75, 3.05) is 7.05 Å². The predicted octanol–water partition coefficient (Wildman–Crippen LogP) is 2.53. The van der Waals surface area contributed by atoms with Crippen LogP contribution in [0.2, 0.25) is 5.02 Å². The Morgan fingerprint density at radius 2 is 2.32 bits per heavy atom. The average Bonchev–Trinajstić information content (AvgIpc) is 3.14. The van der Waals surface area contributed by atoms with Crippen LogP contribution in [0, 0.1) is 0 Å². The average molecular weight is 296 g/mol. The fourth-order valence-electron chi connectivity index (χ4n) is 1.89. The van der Waals surface area contributed by atoms with Gasteiger partial charge in [0.1, 0.15) is 0 Å². The van der Waals surface area contributed by atoms with Crippen LogP contribution in [-0.4, -0.2) is 27.3 Å². The largest absolute Gasteiger partial charge is 0.316 e. The summed E-state index contributed by atoms with van der Waals surface area (Å²) in [5, 5.41) is 16.6. The summed E-state index contributed by atoms with van der Waals surface area (Å²) in [6.07, 6.45) is 2.31. The van der Waals surface area contributed by atoms with E-state index in [1.807, 2.05) is 23.9 Å². The maximum absolute atomic E-state index is 6.30. The second-order valence-electron chi connectivity index (χ2n) is 4.50. The van der Waals surface area contributed by atoms with E-state index in [0.29, 0.717) is 6.04 Å². The number of rotatable bonds is 5. The van der Waals surface area contributed by atoms with Gasteiger partial charge in [0.15, 0.2) is 0 Å². The molecule has 0 amide bonds. The van der Waals surface area contributed by atoms with Crippen molar-refractivity contribution in [2.24, 2.45) is 0 Å². The Morgan fingerprint density at radius 1 is 1.47 bits per heavy atom. The van der Waals surface area contributed by atoms with E-state index in [1.54, 1.807) is 0 Å². The number of tetrazole rings is 1. The number of halogens is 1. The summed E-state index contributed by atoms with van der Waals surface area (Å²) in [6, 6.07) is 6.39. The molecule has 0 radical (unpaired) electrons. The first-order chi connectivity index (χ1) is 9.29. The number of nitrogens with one attached hydrogen (secondary N) is 1. The predicted molar refractivity (Wildman–Crippen MR) is 74.4 cm³/mol. The van der Waals surface area contributed by atoms with Crippen molar-refractivity contribution in [2.45, 2.75) is 35.5 Å².